The maximum atomic E-state index is 5.67. The summed E-state index contributed by atoms with van der Waals surface area (Å²) in [6.07, 6.45) is 10.1. The van der Waals surface area contributed by atoms with E-state index >= 15 is 0 Å². The standard InChI is InChI=1S/C18H29NO/c1-12-10-18(14(3)20-12)13(2)19-17-9-8-15-6-4-5-7-16(15)11-17/h10,13,15-17,19H,4-9,11H2,1-3H3. The first-order valence-electron chi connectivity index (χ1n) is 8.46. The average molecular weight is 275 g/mol. The van der Waals surface area contributed by atoms with Crippen LogP contribution in [0.15, 0.2) is 10.5 Å². The molecule has 0 spiro atoms. The average Bonchev–Trinajstić information content (AvgIpc) is 2.78. The summed E-state index contributed by atoms with van der Waals surface area (Å²) in [6.45, 7) is 6.40. The van der Waals surface area contributed by atoms with E-state index in [0.29, 0.717) is 12.1 Å². The largest absolute Gasteiger partial charge is 0.466 e. The zero-order valence-electron chi connectivity index (χ0n) is 13.2. The predicted molar refractivity (Wildman–Crippen MR) is 82.8 cm³/mol. The van der Waals surface area contributed by atoms with Crippen molar-refractivity contribution in [1.82, 2.24) is 5.32 Å². The molecule has 1 N–H and O–H groups in total. The highest BCUT2D eigenvalue weighted by molar-refractivity contribution is 5.23. The van der Waals surface area contributed by atoms with E-state index in [2.05, 4.69) is 25.2 Å². The third-order valence-electron chi connectivity index (χ3n) is 5.57. The van der Waals surface area contributed by atoms with E-state index in [-0.39, 0.29) is 0 Å². The molecule has 2 aliphatic rings. The zero-order valence-corrected chi connectivity index (χ0v) is 13.2. The van der Waals surface area contributed by atoms with Gasteiger partial charge in [0.25, 0.3) is 0 Å². The normalized spacial score (nSPS) is 31.9. The van der Waals surface area contributed by atoms with Gasteiger partial charge in [-0.3, -0.25) is 0 Å². The Kier molecular flexibility index (Phi) is 4.21. The van der Waals surface area contributed by atoms with Gasteiger partial charge in [0.05, 0.1) is 0 Å². The van der Waals surface area contributed by atoms with Crippen molar-refractivity contribution in [1.29, 1.82) is 0 Å². The molecule has 1 heterocycles. The second kappa shape index (κ2) is 5.93. The summed E-state index contributed by atoms with van der Waals surface area (Å²) in [7, 11) is 0. The highest BCUT2D eigenvalue weighted by Gasteiger charge is 2.32. The first-order valence-corrected chi connectivity index (χ1v) is 8.46. The van der Waals surface area contributed by atoms with Crippen molar-refractivity contribution < 1.29 is 4.42 Å². The van der Waals surface area contributed by atoms with Gasteiger partial charge in [0.15, 0.2) is 0 Å². The van der Waals surface area contributed by atoms with Crippen LogP contribution in [-0.4, -0.2) is 6.04 Å². The first kappa shape index (κ1) is 14.2. The van der Waals surface area contributed by atoms with Crippen molar-refractivity contribution in [2.45, 2.75) is 77.8 Å². The van der Waals surface area contributed by atoms with Crippen LogP contribution in [0.25, 0.3) is 0 Å². The topological polar surface area (TPSA) is 25.2 Å². The zero-order chi connectivity index (χ0) is 14.1. The number of hydrogen-bond acceptors (Lipinski definition) is 2. The lowest BCUT2D eigenvalue weighted by Gasteiger charge is -2.40. The highest BCUT2D eigenvalue weighted by Crippen LogP contribution is 2.41. The smallest absolute Gasteiger partial charge is 0.105 e. The van der Waals surface area contributed by atoms with Gasteiger partial charge in [-0.2, -0.15) is 0 Å². The molecule has 0 radical (unpaired) electrons. The molecule has 2 fully saturated rings. The molecule has 2 nitrogen and oxygen atoms in total. The van der Waals surface area contributed by atoms with Crippen LogP contribution in [0.5, 0.6) is 0 Å². The fraction of sp³-hybridized carbons (Fsp3) is 0.778. The Bertz CT molecular complexity index is 450. The lowest BCUT2D eigenvalue weighted by Crippen LogP contribution is -2.39. The van der Waals surface area contributed by atoms with Gasteiger partial charge in [0.1, 0.15) is 11.5 Å². The van der Waals surface area contributed by atoms with E-state index in [0.717, 1.165) is 23.4 Å². The van der Waals surface area contributed by atoms with Crippen LogP contribution in [0.1, 0.15) is 75.0 Å². The summed E-state index contributed by atoms with van der Waals surface area (Å²) in [5, 5.41) is 3.86. The molecule has 0 bridgehead atoms. The third kappa shape index (κ3) is 2.95. The van der Waals surface area contributed by atoms with Gasteiger partial charge in [-0.1, -0.05) is 25.7 Å². The second-order valence-electron chi connectivity index (χ2n) is 7.07. The Morgan fingerprint density at radius 2 is 1.85 bits per heavy atom. The Balaban J connectivity index is 1.59. The Labute approximate surface area is 123 Å². The van der Waals surface area contributed by atoms with Gasteiger partial charge in [-0.15, -0.1) is 0 Å². The molecule has 2 saturated carbocycles. The SMILES string of the molecule is Cc1cc(C(C)NC2CCC3CCCCC3C2)c(C)o1. The number of furan rings is 1. The second-order valence-corrected chi connectivity index (χ2v) is 7.07. The van der Waals surface area contributed by atoms with Crippen molar-refractivity contribution in [2.75, 3.05) is 0 Å². The molecule has 112 valence electrons. The van der Waals surface area contributed by atoms with E-state index in [9.17, 15) is 0 Å². The van der Waals surface area contributed by atoms with Crippen LogP contribution in [0.2, 0.25) is 0 Å². The van der Waals surface area contributed by atoms with Crippen molar-refractivity contribution in [3.05, 3.63) is 23.2 Å². The molecule has 3 rings (SSSR count). The van der Waals surface area contributed by atoms with Crippen LogP contribution >= 0.6 is 0 Å². The molecule has 0 aliphatic heterocycles. The van der Waals surface area contributed by atoms with E-state index < -0.39 is 0 Å². The molecular weight excluding hydrogens is 246 g/mol. The summed E-state index contributed by atoms with van der Waals surface area (Å²) in [4.78, 5) is 0. The lowest BCUT2D eigenvalue weighted by molar-refractivity contribution is 0.139. The minimum atomic E-state index is 0.414. The number of fused-ring (bicyclic) bond motifs is 1. The summed E-state index contributed by atoms with van der Waals surface area (Å²) in [6, 6.07) is 3.32. The number of rotatable bonds is 3. The monoisotopic (exact) mass is 275 g/mol. The highest BCUT2D eigenvalue weighted by atomic mass is 16.3. The van der Waals surface area contributed by atoms with Crippen LogP contribution in [0.3, 0.4) is 0 Å². The molecule has 4 atom stereocenters. The molecule has 2 aliphatic carbocycles. The van der Waals surface area contributed by atoms with Crippen molar-refractivity contribution in [2.24, 2.45) is 11.8 Å². The molecule has 1 aromatic heterocycles. The Morgan fingerprint density at radius 3 is 2.55 bits per heavy atom. The number of nitrogens with one attached hydrogen (secondary N) is 1. The van der Waals surface area contributed by atoms with Crippen LogP contribution in [-0.2, 0) is 0 Å². The maximum absolute atomic E-state index is 5.67. The molecule has 2 heteroatoms. The first-order chi connectivity index (χ1) is 9.63. The molecule has 4 unspecified atom stereocenters. The third-order valence-corrected chi connectivity index (χ3v) is 5.57. The quantitative estimate of drug-likeness (QED) is 0.848. The molecule has 0 saturated heterocycles. The lowest BCUT2D eigenvalue weighted by atomic mass is 9.69. The Hall–Kier alpha value is -0.760. The minimum absolute atomic E-state index is 0.414. The van der Waals surface area contributed by atoms with Crippen molar-refractivity contribution in [3.63, 3.8) is 0 Å². The summed E-state index contributed by atoms with van der Waals surface area (Å²) < 4.78 is 5.67. The molecule has 20 heavy (non-hydrogen) atoms. The van der Waals surface area contributed by atoms with Crippen LogP contribution < -0.4 is 5.32 Å². The Morgan fingerprint density at radius 1 is 1.10 bits per heavy atom. The van der Waals surface area contributed by atoms with E-state index in [1.54, 1.807) is 0 Å². The van der Waals surface area contributed by atoms with Gasteiger partial charge in [0.2, 0.25) is 0 Å². The van der Waals surface area contributed by atoms with Crippen LogP contribution in [0.4, 0.5) is 0 Å². The number of hydrogen-bond donors (Lipinski definition) is 1. The van der Waals surface area contributed by atoms with Gasteiger partial charge in [-0.25, -0.2) is 0 Å². The molecular formula is C18H29NO. The van der Waals surface area contributed by atoms with E-state index in [1.165, 1.54) is 50.5 Å². The molecule has 0 aromatic carbocycles. The number of aryl methyl sites for hydroxylation is 2. The summed E-state index contributed by atoms with van der Waals surface area (Å²) >= 11 is 0. The van der Waals surface area contributed by atoms with Crippen molar-refractivity contribution in [3.8, 4) is 0 Å². The predicted octanol–water partition coefficient (Wildman–Crippen LogP) is 4.91. The molecule has 1 aromatic rings. The maximum Gasteiger partial charge on any atom is 0.105 e. The van der Waals surface area contributed by atoms with E-state index in [4.69, 9.17) is 4.42 Å². The van der Waals surface area contributed by atoms with Gasteiger partial charge < -0.3 is 9.73 Å². The summed E-state index contributed by atoms with van der Waals surface area (Å²) in [5.74, 6) is 4.14. The van der Waals surface area contributed by atoms with Gasteiger partial charge in [-0.05, 0) is 57.9 Å². The van der Waals surface area contributed by atoms with Crippen molar-refractivity contribution >= 4 is 0 Å². The fourth-order valence-corrected chi connectivity index (χ4v) is 4.55. The van der Waals surface area contributed by atoms with Gasteiger partial charge >= 0.3 is 0 Å². The fourth-order valence-electron chi connectivity index (χ4n) is 4.55. The van der Waals surface area contributed by atoms with Gasteiger partial charge in [0, 0.05) is 17.6 Å². The summed E-state index contributed by atoms with van der Waals surface area (Å²) in [5.41, 5.74) is 1.34. The molecule has 0 amide bonds. The van der Waals surface area contributed by atoms with Crippen LogP contribution in [0, 0.1) is 25.7 Å². The minimum Gasteiger partial charge on any atom is -0.466 e. The van der Waals surface area contributed by atoms with E-state index in [1.807, 2.05) is 6.92 Å².